The minimum atomic E-state index is -0.479. The first-order valence-corrected chi connectivity index (χ1v) is 7.78. The zero-order valence-electron chi connectivity index (χ0n) is 12.2. The molecule has 0 unspecified atom stereocenters. The molecule has 1 aliphatic rings. The van der Waals surface area contributed by atoms with E-state index in [1.807, 2.05) is 0 Å². The van der Waals surface area contributed by atoms with Crippen LogP contribution in [-0.2, 0) is 4.79 Å². The number of aliphatic hydroxyl groups is 1. The molecule has 1 N–H and O–H groups in total. The van der Waals surface area contributed by atoms with Crippen LogP contribution in [0.3, 0.4) is 0 Å². The Kier molecular flexibility index (Phi) is 6.34. The van der Waals surface area contributed by atoms with Gasteiger partial charge in [0.15, 0.2) is 0 Å². The van der Waals surface area contributed by atoms with Crippen LogP contribution in [0, 0.1) is 5.41 Å². The lowest BCUT2D eigenvalue weighted by atomic mass is 9.66. The Balaban J connectivity index is 2.45. The average Bonchev–Trinajstić information content (AvgIpc) is 2.40. The number of hydrogen-bond donors (Lipinski definition) is 1. The maximum absolute atomic E-state index is 11.4. The summed E-state index contributed by atoms with van der Waals surface area (Å²) in [5, 5.41) is 10.5. The van der Waals surface area contributed by atoms with Crippen LogP contribution in [0.4, 0.5) is 0 Å². The molecule has 0 radical (unpaired) electrons. The van der Waals surface area contributed by atoms with Crippen LogP contribution in [0.2, 0.25) is 0 Å². The summed E-state index contributed by atoms with van der Waals surface area (Å²) in [6.07, 6.45) is 12.3. The topological polar surface area (TPSA) is 37.3 Å². The average molecular weight is 254 g/mol. The van der Waals surface area contributed by atoms with E-state index in [2.05, 4.69) is 13.8 Å². The summed E-state index contributed by atoms with van der Waals surface area (Å²) in [5.74, 6) is 0. The summed E-state index contributed by atoms with van der Waals surface area (Å²) in [6, 6.07) is 0. The molecule has 0 aromatic carbocycles. The largest absolute Gasteiger partial charge is 0.390 e. The SMILES string of the molecule is CCCCCC1(C=O)CCC(O)(CCCC)CC1. The van der Waals surface area contributed by atoms with Crippen molar-refractivity contribution in [3.8, 4) is 0 Å². The molecule has 0 heterocycles. The number of rotatable bonds is 8. The monoisotopic (exact) mass is 254 g/mol. The predicted octanol–water partition coefficient (Wildman–Crippen LogP) is 4.25. The molecule has 0 aromatic heterocycles. The normalized spacial score (nSPS) is 32.4. The maximum atomic E-state index is 11.4. The van der Waals surface area contributed by atoms with Crippen molar-refractivity contribution in [3.63, 3.8) is 0 Å². The van der Waals surface area contributed by atoms with Gasteiger partial charge in [0.05, 0.1) is 5.60 Å². The summed E-state index contributed by atoms with van der Waals surface area (Å²) >= 11 is 0. The van der Waals surface area contributed by atoms with Crippen molar-refractivity contribution >= 4 is 6.29 Å². The lowest BCUT2D eigenvalue weighted by Gasteiger charge is -2.41. The zero-order valence-corrected chi connectivity index (χ0v) is 12.2. The molecule has 18 heavy (non-hydrogen) atoms. The highest BCUT2D eigenvalue weighted by atomic mass is 16.3. The van der Waals surface area contributed by atoms with Crippen molar-refractivity contribution in [2.75, 3.05) is 0 Å². The predicted molar refractivity (Wildman–Crippen MR) is 75.6 cm³/mol. The summed E-state index contributed by atoms with van der Waals surface area (Å²) in [4.78, 5) is 11.4. The van der Waals surface area contributed by atoms with Gasteiger partial charge >= 0.3 is 0 Å². The number of carbonyl (C=O) groups is 1. The third-order valence-electron chi connectivity index (χ3n) is 4.70. The van der Waals surface area contributed by atoms with E-state index < -0.39 is 5.60 Å². The number of hydrogen-bond acceptors (Lipinski definition) is 2. The van der Waals surface area contributed by atoms with Crippen LogP contribution in [-0.4, -0.2) is 17.0 Å². The van der Waals surface area contributed by atoms with E-state index in [1.165, 1.54) is 19.1 Å². The third kappa shape index (κ3) is 4.38. The maximum Gasteiger partial charge on any atom is 0.126 e. The van der Waals surface area contributed by atoms with Crippen molar-refractivity contribution in [2.24, 2.45) is 5.41 Å². The fraction of sp³-hybridized carbons (Fsp3) is 0.938. The second-order valence-corrected chi connectivity index (χ2v) is 6.27. The Labute approximate surface area is 112 Å². The highest BCUT2D eigenvalue weighted by molar-refractivity contribution is 5.59. The van der Waals surface area contributed by atoms with Crippen LogP contribution in [0.25, 0.3) is 0 Å². The number of unbranched alkanes of at least 4 members (excludes halogenated alkanes) is 3. The molecular weight excluding hydrogens is 224 g/mol. The van der Waals surface area contributed by atoms with Gasteiger partial charge in [-0.3, -0.25) is 0 Å². The van der Waals surface area contributed by atoms with Crippen molar-refractivity contribution < 1.29 is 9.90 Å². The smallest absolute Gasteiger partial charge is 0.126 e. The minimum Gasteiger partial charge on any atom is -0.390 e. The van der Waals surface area contributed by atoms with Crippen LogP contribution >= 0.6 is 0 Å². The van der Waals surface area contributed by atoms with E-state index in [4.69, 9.17) is 0 Å². The molecule has 0 amide bonds. The van der Waals surface area contributed by atoms with Gasteiger partial charge in [-0.2, -0.15) is 0 Å². The Morgan fingerprint density at radius 2 is 1.56 bits per heavy atom. The van der Waals surface area contributed by atoms with Gasteiger partial charge in [0.25, 0.3) is 0 Å². The van der Waals surface area contributed by atoms with Gasteiger partial charge in [0.2, 0.25) is 0 Å². The molecule has 1 aliphatic carbocycles. The van der Waals surface area contributed by atoms with Crippen LogP contribution < -0.4 is 0 Å². The summed E-state index contributed by atoms with van der Waals surface area (Å²) in [5.41, 5.74) is -0.596. The summed E-state index contributed by atoms with van der Waals surface area (Å²) in [6.45, 7) is 4.35. The van der Waals surface area contributed by atoms with E-state index in [0.717, 1.165) is 57.8 Å². The number of carbonyl (C=O) groups excluding carboxylic acids is 1. The molecule has 2 heteroatoms. The third-order valence-corrected chi connectivity index (χ3v) is 4.70. The standard InChI is InChI=1S/C16H30O2/c1-3-5-7-8-15(14-17)10-12-16(18,13-11-15)9-6-4-2/h14,18H,3-13H2,1-2H3. The first-order chi connectivity index (χ1) is 8.60. The second-order valence-electron chi connectivity index (χ2n) is 6.27. The molecule has 2 nitrogen and oxygen atoms in total. The summed E-state index contributed by atoms with van der Waals surface area (Å²) in [7, 11) is 0. The molecule has 1 fully saturated rings. The Bertz CT molecular complexity index is 239. The van der Waals surface area contributed by atoms with Crippen molar-refractivity contribution in [2.45, 2.75) is 90.1 Å². The van der Waals surface area contributed by atoms with Crippen molar-refractivity contribution in [1.82, 2.24) is 0 Å². The molecule has 0 saturated heterocycles. The first-order valence-electron chi connectivity index (χ1n) is 7.78. The van der Waals surface area contributed by atoms with Crippen molar-refractivity contribution in [1.29, 1.82) is 0 Å². The van der Waals surface area contributed by atoms with E-state index >= 15 is 0 Å². The Morgan fingerprint density at radius 1 is 0.944 bits per heavy atom. The molecule has 0 bridgehead atoms. The Hall–Kier alpha value is -0.370. The molecular formula is C16H30O2. The Morgan fingerprint density at radius 3 is 2.06 bits per heavy atom. The molecule has 106 valence electrons. The van der Waals surface area contributed by atoms with Gasteiger partial charge < -0.3 is 9.90 Å². The first kappa shape index (κ1) is 15.7. The molecule has 1 saturated carbocycles. The highest BCUT2D eigenvalue weighted by Crippen LogP contribution is 2.44. The van der Waals surface area contributed by atoms with Crippen LogP contribution in [0.5, 0.6) is 0 Å². The van der Waals surface area contributed by atoms with E-state index in [-0.39, 0.29) is 5.41 Å². The second kappa shape index (κ2) is 7.28. The van der Waals surface area contributed by atoms with Gasteiger partial charge in [-0.1, -0.05) is 46.0 Å². The van der Waals surface area contributed by atoms with Crippen LogP contribution in [0.1, 0.15) is 84.5 Å². The highest BCUT2D eigenvalue weighted by Gasteiger charge is 2.40. The van der Waals surface area contributed by atoms with Gasteiger partial charge in [-0.15, -0.1) is 0 Å². The fourth-order valence-corrected chi connectivity index (χ4v) is 3.12. The minimum absolute atomic E-state index is 0.117. The quantitative estimate of drug-likeness (QED) is 0.519. The molecule has 0 aromatic rings. The van der Waals surface area contributed by atoms with E-state index in [1.54, 1.807) is 0 Å². The lowest BCUT2D eigenvalue weighted by molar-refractivity contribution is -0.122. The molecule has 0 aliphatic heterocycles. The van der Waals surface area contributed by atoms with E-state index in [9.17, 15) is 9.90 Å². The van der Waals surface area contributed by atoms with Crippen LogP contribution in [0.15, 0.2) is 0 Å². The molecule has 0 spiro atoms. The zero-order chi connectivity index (χ0) is 13.5. The number of aldehydes is 1. The van der Waals surface area contributed by atoms with Crippen molar-refractivity contribution in [3.05, 3.63) is 0 Å². The van der Waals surface area contributed by atoms with Gasteiger partial charge in [0, 0.05) is 5.41 Å². The fourth-order valence-electron chi connectivity index (χ4n) is 3.12. The van der Waals surface area contributed by atoms with E-state index in [0.29, 0.717) is 0 Å². The van der Waals surface area contributed by atoms with Gasteiger partial charge in [-0.05, 0) is 38.5 Å². The summed E-state index contributed by atoms with van der Waals surface area (Å²) < 4.78 is 0. The van der Waals surface area contributed by atoms with Gasteiger partial charge in [0.1, 0.15) is 6.29 Å². The van der Waals surface area contributed by atoms with Gasteiger partial charge in [-0.25, -0.2) is 0 Å². The molecule has 1 rings (SSSR count). The molecule has 0 atom stereocenters. The lowest BCUT2D eigenvalue weighted by Crippen LogP contribution is -2.39.